The predicted molar refractivity (Wildman–Crippen MR) is 87.1 cm³/mol. The minimum absolute atomic E-state index is 0.446. The molecular formula is C17H22N4O. The number of piperazine rings is 1. The summed E-state index contributed by atoms with van der Waals surface area (Å²) < 4.78 is 5.72. The molecule has 0 bridgehead atoms. The van der Waals surface area contributed by atoms with Gasteiger partial charge in [-0.15, -0.1) is 0 Å². The SMILES string of the molecule is C[C@@H]1CN(c2ncc(OCc3ccccc3)cn2)C[C@H](C)N1. The minimum atomic E-state index is 0.446. The van der Waals surface area contributed by atoms with Crippen molar-refractivity contribution in [1.82, 2.24) is 15.3 Å². The summed E-state index contributed by atoms with van der Waals surface area (Å²) in [6, 6.07) is 11.0. The number of nitrogens with zero attached hydrogens (tertiary/aromatic N) is 3. The average molecular weight is 298 g/mol. The molecule has 5 heteroatoms. The molecular weight excluding hydrogens is 276 g/mol. The molecule has 0 saturated carbocycles. The molecule has 5 nitrogen and oxygen atoms in total. The van der Waals surface area contributed by atoms with Gasteiger partial charge in [-0.2, -0.15) is 0 Å². The summed E-state index contributed by atoms with van der Waals surface area (Å²) in [4.78, 5) is 11.1. The highest BCUT2D eigenvalue weighted by Gasteiger charge is 2.22. The normalized spacial score (nSPS) is 21.6. The number of hydrogen-bond acceptors (Lipinski definition) is 5. The molecule has 0 aliphatic carbocycles. The summed E-state index contributed by atoms with van der Waals surface area (Å²) in [5, 5.41) is 3.51. The first-order valence-corrected chi connectivity index (χ1v) is 7.70. The summed E-state index contributed by atoms with van der Waals surface area (Å²) in [5.41, 5.74) is 1.14. The summed E-state index contributed by atoms with van der Waals surface area (Å²) in [6.07, 6.45) is 3.51. The van der Waals surface area contributed by atoms with Crippen molar-refractivity contribution in [3.63, 3.8) is 0 Å². The predicted octanol–water partition coefficient (Wildman–Crippen LogP) is 2.24. The third-order valence-electron chi connectivity index (χ3n) is 3.70. The van der Waals surface area contributed by atoms with Gasteiger partial charge in [-0.05, 0) is 19.4 Å². The van der Waals surface area contributed by atoms with E-state index in [-0.39, 0.29) is 0 Å². The molecule has 0 spiro atoms. The maximum Gasteiger partial charge on any atom is 0.225 e. The van der Waals surface area contributed by atoms with E-state index in [4.69, 9.17) is 4.74 Å². The molecule has 2 atom stereocenters. The zero-order chi connectivity index (χ0) is 15.4. The fraction of sp³-hybridized carbons (Fsp3) is 0.412. The van der Waals surface area contributed by atoms with Gasteiger partial charge in [0.1, 0.15) is 6.61 Å². The molecule has 0 amide bonds. The molecule has 1 N–H and O–H groups in total. The van der Waals surface area contributed by atoms with Gasteiger partial charge < -0.3 is 15.0 Å². The molecule has 1 saturated heterocycles. The van der Waals surface area contributed by atoms with E-state index in [0.717, 1.165) is 24.6 Å². The number of anilines is 1. The second kappa shape index (κ2) is 6.75. The summed E-state index contributed by atoms with van der Waals surface area (Å²) >= 11 is 0. The molecule has 116 valence electrons. The lowest BCUT2D eigenvalue weighted by molar-refractivity contribution is 0.303. The number of hydrogen-bond donors (Lipinski definition) is 1. The summed E-state index contributed by atoms with van der Waals surface area (Å²) in [7, 11) is 0. The zero-order valence-corrected chi connectivity index (χ0v) is 13.1. The lowest BCUT2D eigenvalue weighted by atomic mass is 10.1. The molecule has 1 aromatic carbocycles. The zero-order valence-electron chi connectivity index (χ0n) is 13.1. The maximum atomic E-state index is 5.72. The van der Waals surface area contributed by atoms with Gasteiger partial charge in [0.2, 0.25) is 5.95 Å². The average Bonchev–Trinajstić information content (AvgIpc) is 2.53. The Bertz CT molecular complexity index is 577. The highest BCUT2D eigenvalue weighted by atomic mass is 16.5. The molecule has 1 aliphatic rings. The molecule has 2 heterocycles. The summed E-state index contributed by atoms with van der Waals surface area (Å²) in [5.74, 6) is 1.47. The van der Waals surface area contributed by atoms with E-state index < -0.39 is 0 Å². The van der Waals surface area contributed by atoms with Gasteiger partial charge in [0.15, 0.2) is 5.75 Å². The van der Waals surface area contributed by atoms with Crippen molar-refractivity contribution in [3.05, 3.63) is 48.3 Å². The van der Waals surface area contributed by atoms with E-state index in [1.54, 1.807) is 12.4 Å². The van der Waals surface area contributed by atoms with Crippen molar-refractivity contribution in [2.24, 2.45) is 0 Å². The van der Waals surface area contributed by atoms with E-state index in [1.165, 1.54) is 0 Å². The number of benzene rings is 1. The van der Waals surface area contributed by atoms with Crippen LogP contribution >= 0.6 is 0 Å². The standard InChI is InChI=1S/C17H22N4O/c1-13-10-21(11-14(2)20-13)17-18-8-16(9-19-17)22-12-15-6-4-3-5-7-15/h3-9,13-14,20H,10-12H2,1-2H3/t13-,14+. The Morgan fingerprint density at radius 3 is 2.36 bits per heavy atom. The van der Waals surface area contributed by atoms with Crippen LogP contribution in [0.1, 0.15) is 19.4 Å². The smallest absolute Gasteiger partial charge is 0.225 e. The van der Waals surface area contributed by atoms with Crippen LogP contribution in [0.3, 0.4) is 0 Å². The second-order valence-electron chi connectivity index (χ2n) is 5.87. The largest absolute Gasteiger partial charge is 0.486 e. The van der Waals surface area contributed by atoms with Crippen molar-refractivity contribution in [1.29, 1.82) is 0 Å². The van der Waals surface area contributed by atoms with Crippen LogP contribution in [0.25, 0.3) is 0 Å². The number of ether oxygens (including phenoxy) is 1. The van der Waals surface area contributed by atoms with Gasteiger partial charge in [-0.3, -0.25) is 0 Å². The third kappa shape index (κ3) is 3.74. The van der Waals surface area contributed by atoms with Crippen molar-refractivity contribution < 1.29 is 4.74 Å². The van der Waals surface area contributed by atoms with E-state index in [2.05, 4.69) is 34.0 Å². The van der Waals surface area contributed by atoms with Gasteiger partial charge in [0, 0.05) is 25.2 Å². The molecule has 0 radical (unpaired) electrons. The minimum Gasteiger partial charge on any atom is -0.486 e. The molecule has 0 unspecified atom stereocenters. The van der Waals surface area contributed by atoms with Crippen LogP contribution in [-0.2, 0) is 6.61 Å². The van der Waals surface area contributed by atoms with Gasteiger partial charge in [0.25, 0.3) is 0 Å². The van der Waals surface area contributed by atoms with Crippen molar-refractivity contribution in [2.75, 3.05) is 18.0 Å². The highest BCUT2D eigenvalue weighted by Crippen LogP contribution is 2.16. The Hall–Kier alpha value is -2.14. The molecule has 1 aromatic heterocycles. The van der Waals surface area contributed by atoms with Gasteiger partial charge >= 0.3 is 0 Å². The van der Waals surface area contributed by atoms with E-state index >= 15 is 0 Å². The molecule has 3 rings (SSSR count). The molecule has 1 aliphatic heterocycles. The van der Waals surface area contributed by atoms with E-state index in [0.29, 0.717) is 24.4 Å². The van der Waals surface area contributed by atoms with Gasteiger partial charge in [-0.1, -0.05) is 30.3 Å². The number of nitrogens with one attached hydrogen (secondary N) is 1. The fourth-order valence-electron chi connectivity index (χ4n) is 2.78. The number of rotatable bonds is 4. The monoisotopic (exact) mass is 298 g/mol. The topological polar surface area (TPSA) is 50.3 Å². The first-order valence-electron chi connectivity index (χ1n) is 7.70. The third-order valence-corrected chi connectivity index (χ3v) is 3.70. The lowest BCUT2D eigenvalue weighted by Gasteiger charge is -2.36. The van der Waals surface area contributed by atoms with E-state index in [1.807, 2.05) is 30.3 Å². The van der Waals surface area contributed by atoms with Crippen LogP contribution in [0.5, 0.6) is 5.75 Å². The fourth-order valence-corrected chi connectivity index (χ4v) is 2.78. The Morgan fingerprint density at radius 2 is 1.73 bits per heavy atom. The Kier molecular flexibility index (Phi) is 4.53. The maximum absolute atomic E-state index is 5.72. The van der Waals surface area contributed by atoms with Crippen LogP contribution < -0.4 is 15.0 Å². The summed E-state index contributed by atoms with van der Waals surface area (Å²) in [6.45, 7) is 6.74. The first kappa shape index (κ1) is 14.8. The highest BCUT2D eigenvalue weighted by molar-refractivity contribution is 5.33. The van der Waals surface area contributed by atoms with Crippen LogP contribution in [0.4, 0.5) is 5.95 Å². The van der Waals surface area contributed by atoms with Crippen LogP contribution in [-0.4, -0.2) is 35.1 Å². The molecule has 2 aromatic rings. The van der Waals surface area contributed by atoms with Crippen molar-refractivity contribution >= 4 is 5.95 Å². The second-order valence-corrected chi connectivity index (χ2v) is 5.87. The Morgan fingerprint density at radius 1 is 1.09 bits per heavy atom. The van der Waals surface area contributed by atoms with Gasteiger partial charge in [-0.25, -0.2) is 9.97 Å². The molecule has 22 heavy (non-hydrogen) atoms. The van der Waals surface area contributed by atoms with Crippen LogP contribution in [0.15, 0.2) is 42.7 Å². The van der Waals surface area contributed by atoms with Crippen molar-refractivity contribution in [2.45, 2.75) is 32.5 Å². The number of aromatic nitrogens is 2. The quantitative estimate of drug-likeness (QED) is 0.938. The van der Waals surface area contributed by atoms with Crippen molar-refractivity contribution in [3.8, 4) is 5.75 Å². The van der Waals surface area contributed by atoms with Crippen LogP contribution in [0.2, 0.25) is 0 Å². The van der Waals surface area contributed by atoms with Crippen LogP contribution in [0, 0.1) is 0 Å². The molecule has 1 fully saturated rings. The first-order chi connectivity index (χ1) is 10.7. The van der Waals surface area contributed by atoms with E-state index in [9.17, 15) is 0 Å². The Labute approximate surface area is 131 Å². The van der Waals surface area contributed by atoms with Gasteiger partial charge in [0.05, 0.1) is 12.4 Å². The lowest BCUT2D eigenvalue weighted by Crippen LogP contribution is -2.54. The Balaban J connectivity index is 1.60.